The van der Waals surface area contributed by atoms with E-state index in [1.54, 1.807) is 0 Å². The van der Waals surface area contributed by atoms with Crippen LogP contribution in [0.15, 0.2) is 21.1 Å². The van der Waals surface area contributed by atoms with E-state index in [1.165, 1.54) is 5.56 Å². The zero-order chi connectivity index (χ0) is 15.2. The molecule has 0 amide bonds. The van der Waals surface area contributed by atoms with Gasteiger partial charge in [-0.25, -0.2) is 0 Å². The first kappa shape index (κ1) is 17.5. The summed E-state index contributed by atoms with van der Waals surface area (Å²) in [5.74, 6) is 0.819. The van der Waals surface area contributed by atoms with Gasteiger partial charge >= 0.3 is 0 Å². The molecule has 1 N–H and O–H groups in total. The number of hydrogen-bond donors (Lipinski definition) is 1. The number of nitriles is 1. The standard InChI is InChI=1S/C15H20Br2N2O/c1-15(2,10-18)5-4-6-20-14-12(16)7-11(9-19-3)8-13(14)17/h7-8,19H,4-6,9H2,1-3H3. The van der Waals surface area contributed by atoms with Gasteiger partial charge in [-0.05, 0) is 83.3 Å². The van der Waals surface area contributed by atoms with E-state index in [0.29, 0.717) is 6.61 Å². The molecule has 110 valence electrons. The van der Waals surface area contributed by atoms with Gasteiger partial charge in [0.25, 0.3) is 0 Å². The fraction of sp³-hybridized carbons (Fsp3) is 0.533. The highest BCUT2D eigenvalue weighted by Crippen LogP contribution is 2.35. The molecule has 0 heterocycles. The summed E-state index contributed by atoms with van der Waals surface area (Å²) in [5.41, 5.74) is 0.901. The van der Waals surface area contributed by atoms with Crippen LogP contribution in [0.25, 0.3) is 0 Å². The summed E-state index contributed by atoms with van der Waals surface area (Å²) in [5, 5.41) is 12.1. The van der Waals surface area contributed by atoms with Crippen LogP contribution in [-0.4, -0.2) is 13.7 Å². The van der Waals surface area contributed by atoms with E-state index in [1.807, 2.05) is 20.9 Å². The molecular formula is C15H20Br2N2O. The van der Waals surface area contributed by atoms with E-state index >= 15 is 0 Å². The number of ether oxygens (including phenoxy) is 1. The van der Waals surface area contributed by atoms with Crippen LogP contribution < -0.4 is 10.1 Å². The number of hydrogen-bond acceptors (Lipinski definition) is 3. The first-order valence-electron chi connectivity index (χ1n) is 6.56. The summed E-state index contributed by atoms with van der Waals surface area (Å²) in [6, 6.07) is 6.41. The van der Waals surface area contributed by atoms with Crippen molar-refractivity contribution in [3.8, 4) is 11.8 Å². The van der Waals surface area contributed by atoms with Gasteiger partial charge < -0.3 is 10.1 Å². The highest BCUT2D eigenvalue weighted by Gasteiger charge is 2.16. The molecule has 1 aromatic carbocycles. The monoisotopic (exact) mass is 402 g/mol. The van der Waals surface area contributed by atoms with Crippen LogP contribution in [0.3, 0.4) is 0 Å². The number of benzene rings is 1. The third-order valence-corrected chi connectivity index (χ3v) is 4.11. The van der Waals surface area contributed by atoms with Gasteiger partial charge in [-0.3, -0.25) is 0 Å². The van der Waals surface area contributed by atoms with Crippen LogP contribution in [-0.2, 0) is 6.54 Å². The largest absolute Gasteiger partial charge is 0.491 e. The van der Waals surface area contributed by atoms with Gasteiger partial charge in [0.1, 0.15) is 5.75 Å². The molecular weight excluding hydrogens is 384 g/mol. The second kappa shape index (κ2) is 8.02. The highest BCUT2D eigenvalue weighted by atomic mass is 79.9. The fourth-order valence-electron chi connectivity index (χ4n) is 1.80. The van der Waals surface area contributed by atoms with Gasteiger partial charge in [0.15, 0.2) is 0 Å². The van der Waals surface area contributed by atoms with Crippen molar-refractivity contribution in [2.75, 3.05) is 13.7 Å². The van der Waals surface area contributed by atoms with Crippen molar-refractivity contribution in [1.82, 2.24) is 5.32 Å². The maximum absolute atomic E-state index is 8.97. The molecule has 0 aromatic heterocycles. The second-order valence-electron chi connectivity index (χ2n) is 5.37. The fourth-order valence-corrected chi connectivity index (χ4v) is 3.31. The zero-order valence-electron chi connectivity index (χ0n) is 12.1. The van der Waals surface area contributed by atoms with Crippen molar-refractivity contribution in [2.24, 2.45) is 5.41 Å². The number of nitrogens with one attached hydrogen (secondary N) is 1. The van der Waals surface area contributed by atoms with Gasteiger partial charge in [-0.2, -0.15) is 5.26 Å². The molecule has 0 bridgehead atoms. The van der Waals surface area contributed by atoms with Crippen LogP contribution >= 0.6 is 31.9 Å². The topological polar surface area (TPSA) is 45.0 Å². The summed E-state index contributed by atoms with van der Waals surface area (Å²) < 4.78 is 7.70. The highest BCUT2D eigenvalue weighted by molar-refractivity contribution is 9.11. The Labute approximate surface area is 138 Å². The quantitative estimate of drug-likeness (QED) is 0.674. The number of nitrogens with zero attached hydrogens (tertiary/aromatic N) is 1. The first-order valence-corrected chi connectivity index (χ1v) is 8.15. The van der Waals surface area contributed by atoms with E-state index in [0.717, 1.165) is 34.1 Å². The lowest BCUT2D eigenvalue weighted by Gasteiger charge is -2.16. The molecule has 0 aliphatic rings. The lowest BCUT2D eigenvalue weighted by Crippen LogP contribution is -2.10. The van der Waals surface area contributed by atoms with Crippen LogP contribution in [0.1, 0.15) is 32.3 Å². The Morgan fingerprint density at radius 2 is 1.90 bits per heavy atom. The minimum atomic E-state index is -0.283. The van der Waals surface area contributed by atoms with E-state index in [2.05, 4.69) is 55.4 Å². The molecule has 20 heavy (non-hydrogen) atoms. The summed E-state index contributed by atoms with van der Waals surface area (Å²) in [6.45, 7) is 5.32. The van der Waals surface area contributed by atoms with Crippen LogP contribution in [0.4, 0.5) is 0 Å². The van der Waals surface area contributed by atoms with Gasteiger partial charge in [-0.15, -0.1) is 0 Å². The zero-order valence-corrected chi connectivity index (χ0v) is 15.3. The summed E-state index contributed by atoms with van der Waals surface area (Å²) >= 11 is 7.08. The lowest BCUT2D eigenvalue weighted by atomic mass is 9.90. The molecule has 0 aliphatic heterocycles. The SMILES string of the molecule is CNCc1cc(Br)c(OCCCC(C)(C)C#N)c(Br)c1. The maximum atomic E-state index is 8.97. The summed E-state index contributed by atoms with van der Waals surface area (Å²) in [6.07, 6.45) is 1.69. The summed E-state index contributed by atoms with van der Waals surface area (Å²) in [4.78, 5) is 0. The van der Waals surface area contributed by atoms with E-state index in [4.69, 9.17) is 10.00 Å². The van der Waals surface area contributed by atoms with Gasteiger partial charge in [0.05, 0.1) is 27.0 Å². The molecule has 0 unspecified atom stereocenters. The average Bonchev–Trinajstić information content (AvgIpc) is 2.37. The van der Waals surface area contributed by atoms with Crippen LogP contribution in [0.5, 0.6) is 5.75 Å². The molecule has 0 radical (unpaired) electrons. The Hall–Kier alpha value is -0.570. The minimum absolute atomic E-state index is 0.283. The second-order valence-corrected chi connectivity index (χ2v) is 7.08. The van der Waals surface area contributed by atoms with E-state index in [9.17, 15) is 0 Å². The van der Waals surface area contributed by atoms with Gasteiger partial charge in [0, 0.05) is 6.54 Å². The maximum Gasteiger partial charge on any atom is 0.147 e. The number of rotatable bonds is 7. The Morgan fingerprint density at radius 3 is 2.40 bits per heavy atom. The Morgan fingerprint density at radius 1 is 1.30 bits per heavy atom. The Balaban J connectivity index is 2.59. The predicted molar refractivity (Wildman–Crippen MR) is 88.7 cm³/mol. The predicted octanol–water partition coefficient (Wildman–Crippen LogP) is 4.64. The smallest absolute Gasteiger partial charge is 0.147 e. The molecule has 0 fully saturated rings. The molecule has 1 aromatic rings. The lowest BCUT2D eigenvalue weighted by molar-refractivity contribution is 0.281. The summed E-state index contributed by atoms with van der Waals surface area (Å²) in [7, 11) is 1.92. The molecule has 1 rings (SSSR count). The van der Waals surface area contributed by atoms with Crippen molar-refractivity contribution in [3.63, 3.8) is 0 Å². The normalized spacial score (nSPS) is 11.2. The average molecular weight is 404 g/mol. The molecule has 3 nitrogen and oxygen atoms in total. The molecule has 0 saturated heterocycles. The van der Waals surface area contributed by atoms with Crippen molar-refractivity contribution in [2.45, 2.75) is 33.2 Å². The van der Waals surface area contributed by atoms with Gasteiger partial charge in [-0.1, -0.05) is 0 Å². The molecule has 0 saturated carbocycles. The van der Waals surface area contributed by atoms with Crippen molar-refractivity contribution >= 4 is 31.9 Å². The van der Waals surface area contributed by atoms with Crippen LogP contribution in [0, 0.1) is 16.7 Å². The molecule has 0 aliphatic carbocycles. The molecule has 0 spiro atoms. The molecule has 0 atom stereocenters. The van der Waals surface area contributed by atoms with Crippen molar-refractivity contribution in [3.05, 3.63) is 26.6 Å². The van der Waals surface area contributed by atoms with E-state index < -0.39 is 0 Å². The Kier molecular flexibility index (Phi) is 7.01. The minimum Gasteiger partial charge on any atom is -0.491 e. The third kappa shape index (κ3) is 5.43. The van der Waals surface area contributed by atoms with Crippen molar-refractivity contribution < 1.29 is 4.74 Å². The molecule has 5 heteroatoms. The third-order valence-electron chi connectivity index (χ3n) is 2.93. The number of halogens is 2. The first-order chi connectivity index (χ1) is 9.39. The van der Waals surface area contributed by atoms with Crippen molar-refractivity contribution in [1.29, 1.82) is 5.26 Å². The Bertz CT molecular complexity index is 472. The van der Waals surface area contributed by atoms with Gasteiger partial charge in [0.2, 0.25) is 0 Å². The van der Waals surface area contributed by atoms with Crippen LogP contribution in [0.2, 0.25) is 0 Å². The van der Waals surface area contributed by atoms with E-state index in [-0.39, 0.29) is 5.41 Å².